The monoisotopic (exact) mass is 298 g/mol. The number of benzene rings is 1. The maximum atomic E-state index is 5.41. The summed E-state index contributed by atoms with van der Waals surface area (Å²) >= 11 is 0. The highest BCUT2D eigenvalue weighted by atomic mass is 16.5. The van der Waals surface area contributed by atoms with E-state index in [1.807, 2.05) is 30.3 Å². The summed E-state index contributed by atoms with van der Waals surface area (Å²) in [7, 11) is 1.72. The van der Waals surface area contributed by atoms with Crippen LogP contribution in [0, 0.1) is 0 Å². The second kappa shape index (κ2) is 7.22. The van der Waals surface area contributed by atoms with Crippen molar-refractivity contribution in [2.75, 3.05) is 25.1 Å². The highest BCUT2D eigenvalue weighted by Gasteiger charge is 2.20. The van der Waals surface area contributed by atoms with Gasteiger partial charge in [0.25, 0.3) is 0 Å². The van der Waals surface area contributed by atoms with E-state index < -0.39 is 0 Å². The number of hydrogen-bond acceptors (Lipinski definition) is 5. The molecule has 0 spiro atoms. The van der Waals surface area contributed by atoms with Crippen LogP contribution in [0.4, 0.5) is 5.82 Å². The number of ether oxygens (including phenoxy) is 1. The van der Waals surface area contributed by atoms with Crippen molar-refractivity contribution >= 4 is 5.82 Å². The fourth-order valence-corrected chi connectivity index (χ4v) is 2.92. The summed E-state index contributed by atoms with van der Waals surface area (Å²) in [4.78, 5) is 2.30. The van der Waals surface area contributed by atoms with E-state index in [0.29, 0.717) is 6.04 Å². The molecular formula is C17H22N4O. The van der Waals surface area contributed by atoms with Crippen LogP contribution in [0.2, 0.25) is 0 Å². The lowest BCUT2D eigenvalue weighted by atomic mass is 10.0. The minimum Gasteiger partial charge on any atom is -0.496 e. The van der Waals surface area contributed by atoms with Crippen LogP contribution >= 0.6 is 0 Å². The van der Waals surface area contributed by atoms with E-state index in [1.54, 1.807) is 13.3 Å². The predicted octanol–water partition coefficient (Wildman–Crippen LogP) is 2.24. The SMILES string of the molecule is COc1ccccc1CNC1CCCN(c2cccnn2)C1. The Morgan fingerprint density at radius 1 is 1.27 bits per heavy atom. The van der Waals surface area contributed by atoms with Crippen molar-refractivity contribution < 1.29 is 4.74 Å². The molecule has 1 N–H and O–H groups in total. The van der Waals surface area contributed by atoms with Gasteiger partial charge in [0.2, 0.25) is 0 Å². The molecule has 1 saturated heterocycles. The molecule has 3 rings (SSSR count). The van der Waals surface area contributed by atoms with Gasteiger partial charge in [-0.1, -0.05) is 18.2 Å². The van der Waals surface area contributed by atoms with E-state index in [1.165, 1.54) is 18.4 Å². The standard InChI is InChI=1S/C17H22N4O/c1-22-16-8-3-2-6-14(16)12-18-15-7-5-11-21(13-15)17-9-4-10-19-20-17/h2-4,6,8-10,15,18H,5,7,11-13H2,1H3. The van der Waals surface area contributed by atoms with E-state index in [0.717, 1.165) is 31.2 Å². The number of hydrogen-bond donors (Lipinski definition) is 1. The van der Waals surface area contributed by atoms with Gasteiger partial charge in [-0.3, -0.25) is 0 Å². The molecule has 1 aromatic carbocycles. The van der Waals surface area contributed by atoms with Gasteiger partial charge < -0.3 is 15.0 Å². The van der Waals surface area contributed by atoms with Gasteiger partial charge in [0, 0.05) is 37.4 Å². The number of methoxy groups -OCH3 is 1. The average molecular weight is 298 g/mol. The largest absolute Gasteiger partial charge is 0.496 e. The lowest BCUT2D eigenvalue weighted by molar-refractivity contribution is 0.394. The molecule has 1 unspecified atom stereocenters. The molecule has 2 heterocycles. The molecule has 0 amide bonds. The lowest BCUT2D eigenvalue weighted by Gasteiger charge is -2.33. The quantitative estimate of drug-likeness (QED) is 0.917. The van der Waals surface area contributed by atoms with Crippen LogP contribution in [0.15, 0.2) is 42.6 Å². The Morgan fingerprint density at radius 3 is 3.00 bits per heavy atom. The Bertz CT molecular complexity index is 590. The maximum Gasteiger partial charge on any atom is 0.151 e. The molecule has 2 aromatic rings. The van der Waals surface area contributed by atoms with Crippen LogP contribution in [0.5, 0.6) is 5.75 Å². The van der Waals surface area contributed by atoms with Gasteiger partial charge in [0.15, 0.2) is 5.82 Å². The molecule has 1 aliphatic heterocycles. The summed E-state index contributed by atoms with van der Waals surface area (Å²) in [5.41, 5.74) is 1.20. The van der Waals surface area contributed by atoms with Gasteiger partial charge in [0.1, 0.15) is 5.75 Å². The Kier molecular flexibility index (Phi) is 4.85. The number of piperidine rings is 1. The van der Waals surface area contributed by atoms with E-state index in [-0.39, 0.29) is 0 Å². The maximum absolute atomic E-state index is 5.41. The van der Waals surface area contributed by atoms with Crippen LogP contribution in [-0.4, -0.2) is 36.4 Å². The molecule has 1 atom stereocenters. The Morgan fingerprint density at radius 2 is 2.18 bits per heavy atom. The predicted molar refractivity (Wildman–Crippen MR) is 87.1 cm³/mol. The molecule has 0 radical (unpaired) electrons. The number of nitrogens with zero attached hydrogens (tertiary/aromatic N) is 3. The summed E-state index contributed by atoms with van der Waals surface area (Å²) in [5.74, 6) is 1.91. The van der Waals surface area contributed by atoms with Crippen molar-refractivity contribution in [2.24, 2.45) is 0 Å². The third kappa shape index (κ3) is 3.54. The molecule has 1 aromatic heterocycles. The third-order valence-corrected chi connectivity index (χ3v) is 4.08. The van der Waals surface area contributed by atoms with Crippen molar-refractivity contribution in [1.82, 2.24) is 15.5 Å². The molecular weight excluding hydrogens is 276 g/mol. The molecule has 0 saturated carbocycles. The minimum atomic E-state index is 0.459. The fourth-order valence-electron chi connectivity index (χ4n) is 2.92. The zero-order chi connectivity index (χ0) is 15.2. The molecule has 1 aliphatic rings. The molecule has 116 valence electrons. The number of nitrogens with one attached hydrogen (secondary N) is 1. The Hall–Kier alpha value is -2.14. The smallest absolute Gasteiger partial charge is 0.151 e. The number of rotatable bonds is 5. The average Bonchev–Trinajstić information content (AvgIpc) is 2.61. The number of anilines is 1. The molecule has 22 heavy (non-hydrogen) atoms. The number of aromatic nitrogens is 2. The molecule has 0 bridgehead atoms. The zero-order valence-electron chi connectivity index (χ0n) is 12.9. The van der Waals surface area contributed by atoms with Gasteiger partial charge in [-0.25, -0.2) is 0 Å². The van der Waals surface area contributed by atoms with E-state index in [2.05, 4.69) is 26.5 Å². The second-order valence-electron chi connectivity index (χ2n) is 5.56. The summed E-state index contributed by atoms with van der Waals surface area (Å²) in [6.45, 7) is 2.84. The molecule has 5 heteroatoms. The lowest BCUT2D eigenvalue weighted by Crippen LogP contribution is -2.45. The van der Waals surface area contributed by atoms with E-state index >= 15 is 0 Å². The topological polar surface area (TPSA) is 50.3 Å². The third-order valence-electron chi connectivity index (χ3n) is 4.08. The normalized spacial score (nSPS) is 18.2. The van der Waals surface area contributed by atoms with Crippen molar-refractivity contribution in [3.63, 3.8) is 0 Å². The van der Waals surface area contributed by atoms with Crippen molar-refractivity contribution in [3.8, 4) is 5.75 Å². The van der Waals surface area contributed by atoms with Gasteiger partial charge in [0.05, 0.1) is 7.11 Å². The minimum absolute atomic E-state index is 0.459. The van der Waals surface area contributed by atoms with E-state index in [9.17, 15) is 0 Å². The van der Waals surface area contributed by atoms with Crippen molar-refractivity contribution in [3.05, 3.63) is 48.2 Å². The van der Waals surface area contributed by atoms with Crippen LogP contribution in [0.25, 0.3) is 0 Å². The first-order valence-electron chi connectivity index (χ1n) is 7.75. The first-order valence-corrected chi connectivity index (χ1v) is 7.75. The fraction of sp³-hybridized carbons (Fsp3) is 0.412. The van der Waals surface area contributed by atoms with Crippen molar-refractivity contribution in [1.29, 1.82) is 0 Å². The van der Waals surface area contributed by atoms with Crippen LogP contribution < -0.4 is 15.0 Å². The van der Waals surface area contributed by atoms with Gasteiger partial charge in [-0.05, 0) is 31.0 Å². The van der Waals surface area contributed by atoms with Crippen LogP contribution in [-0.2, 0) is 6.54 Å². The highest BCUT2D eigenvalue weighted by molar-refractivity contribution is 5.37. The second-order valence-corrected chi connectivity index (χ2v) is 5.56. The Balaban J connectivity index is 1.59. The van der Waals surface area contributed by atoms with E-state index in [4.69, 9.17) is 4.74 Å². The Labute approximate surface area is 131 Å². The van der Waals surface area contributed by atoms with Gasteiger partial charge in [-0.15, -0.1) is 5.10 Å². The highest BCUT2D eigenvalue weighted by Crippen LogP contribution is 2.19. The molecule has 5 nitrogen and oxygen atoms in total. The van der Waals surface area contributed by atoms with Gasteiger partial charge >= 0.3 is 0 Å². The van der Waals surface area contributed by atoms with Gasteiger partial charge in [-0.2, -0.15) is 5.10 Å². The summed E-state index contributed by atoms with van der Waals surface area (Å²) in [6.07, 6.45) is 4.07. The zero-order valence-corrected chi connectivity index (χ0v) is 12.9. The first-order chi connectivity index (χ1) is 10.9. The first kappa shape index (κ1) is 14.8. The van der Waals surface area contributed by atoms with Crippen LogP contribution in [0.3, 0.4) is 0 Å². The summed E-state index contributed by atoms with van der Waals surface area (Å²) in [5, 5.41) is 11.8. The summed E-state index contributed by atoms with van der Waals surface area (Å²) < 4.78 is 5.41. The molecule has 0 aliphatic carbocycles. The molecule has 1 fully saturated rings. The van der Waals surface area contributed by atoms with Crippen LogP contribution in [0.1, 0.15) is 18.4 Å². The summed E-state index contributed by atoms with van der Waals surface area (Å²) in [6, 6.07) is 12.6. The van der Waals surface area contributed by atoms with Crippen molar-refractivity contribution in [2.45, 2.75) is 25.4 Å². The number of para-hydroxylation sites is 1.